The van der Waals surface area contributed by atoms with Crippen molar-refractivity contribution in [3.05, 3.63) is 30.3 Å². The molecular formula is C13H18N2O2. The maximum atomic E-state index is 11.7. The summed E-state index contributed by atoms with van der Waals surface area (Å²) in [5.74, 6) is 0. The average molecular weight is 234 g/mol. The third-order valence-corrected chi connectivity index (χ3v) is 3.08. The topological polar surface area (TPSA) is 61.4 Å². The first-order chi connectivity index (χ1) is 8.25. The van der Waals surface area contributed by atoms with Gasteiger partial charge in [0.05, 0.1) is 12.1 Å². The van der Waals surface area contributed by atoms with Gasteiger partial charge in [-0.1, -0.05) is 31.0 Å². The molecule has 3 N–H and O–H groups in total. The molecule has 4 nitrogen and oxygen atoms in total. The third kappa shape index (κ3) is 3.46. The van der Waals surface area contributed by atoms with Crippen molar-refractivity contribution in [1.29, 1.82) is 0 Å². The molecule has 0 unspecified atom stereocenters. The predicted octanol–water partition coefficient (Wildman–Crippen LogP) is 2.11. The van der Waals surface area contributed by atoms with E-state index < -0.39 is 6.10 Å². The number of aliphatic hydroxyl groups excluding tert-OH is 1. The number of rotatable bonds is 2. The number of aliphatic hydroxyl groups is 1. The van der Waals surface area contributed by atoms with Crippen LogP contribution < -0.4 is 10.6 Å². The van der Waals surface area contributed by atoms with Crippen molar-refractivity contribution < 1.29 is 9.90 Å². The summed E-state index contributed by atoms with van der Waals surface area (Å²) in [4.78, 5) is 11.7. The summed E-state index contributed by atoms with van der Waals surface area (Å²) in [5, 5.41) is 15.3. The van der Waals surface area contributed by atoms with Crippen LogP contribution in [0.5, 0.6) is 0 Å². The zero-order valence-electron chi connectivity index (χ0n) is 9.73. The monoisotopic (exact) mass is 234 g/mol. The SMILES string of the molecule is O=C(Nc1ccccc1)N[C@@H]1CCCC[C@@H]1O. The molecule has 17 heavy (non-hydrogen) atoms. The Kier molecular flexibility index (Phi) is 3.98. The quantitative estimate of drug-likeness (QED) is 0.734. The van der Waals surface area contributed by atoms with Crippen LogP contribution in [0.4, 0.5) is 10.5 Å². The molecule has 2 amide bonds. The van der Waals surface area contributed by atoms with Gasteiger partial charge in [-0.05, 0) is 25.0 Å². The van der Waals surface area contributed by atoms with Crippen molar-refractivity contribution in [2.24, 2.45) is 0 Å². The molecule has 1 aromatic carbocycles. The van der Waals surface area contributed by atoms with Crippen LogP contribution in [0.3, 0.4) is 0 Å². The lowest BCUT2D eigenvalue weighted by Gasteiger charge is -2.28. The number of amides is 2. The molecule has 4 heteroatoms. The molecular weight excluding hydrogens is 216 g/mol. The molecule has 0 heterocycles. The van der Waals surface area contributed by atoms with Crippen LogP contribution >= 0.6 is 0 Å². The Morgan fingerprint density at radius 2 is 1.88 bits per heavy atom. The lowest BCUT2D eigenvalue weighted by atomic mass is 9.93. The molecule has 0 aromatic heterocycles. The number of hydrogen-bond acceptors (Lipinski definition) is 2. The summed E-state index contributed by atoms with van der Waals surface area (Å²) in [7, 11) is 0. The van der Waals surface area contributed by atoms with Gasteiger partial charge in [0, 0.05) is 5.69 Å². The maximum Gasteiger partial charge on any atom is 0.319 e. The zero-order valence-corrected chi connectivity index (χ0v) is 9.73. The van der Waals surface area contributed by atoms with Crippen LogP contribution in [-0.4, -0.2) is 23.3 Å². The standard InChI is InChI=1S/C13H18N2O2/c16-12-9-5-4-8-11(12)15-13(17)14-10-6-2-1-3-7-10/h1-3,6-7,11-12,16H,4-5,8-9H2,(H2,14,15,17)/t11-,12+/m1/s1. The number of nitrogens with one attached hydrogen (secondary N) is 2. The molecule has 0 saturated heterocycles. The Morgan fingerprint density at radius 1 is 1.18 bits per heavy atom. The van der Waals surface area contributed by atoms with Gasteiger partial charge in [0.2, 0.25) is 0 Å². The minimum Gasteiger partial charge on any atom is -0.391 e. The van der Waals surface area contributed by atoms with Crippen molar-refractivity contribution in [2.75, 3.05) is 5.32 Å². The van der Waals surface area contributed by atoms with E-state index in [2.05, 4.69) is 10.6 Å². The molecule has 0 spiro atoms. The van der Waals surface area contributed by atoms with Crippen LogP contribution in [0.1, 0.15) is 25.7 Å². The van der Waals surface area contributed by atoms with Gasteiger partial charge in [-0.25, -0.2) is 4.79 Å². The summed E-state index contributed by atoms with van der Waals surface area (Å²) >= 11 is 0. The first kappa shape index (κ1) is 11.9. The summed E-state index contributed by atoms with van der Waals surface area (Å²) in [5.41, 5.74) is 0.760. The minimum atomic E-state index is -0.412. The summed E-state index contributed by atoms with van der Waals surface area (Å²) in [6.45, 7) is 0. The van der Waals surface area contributed by atoms with E-state index in [-0.39, 0.29) is 12.1 Å². The normalized spacial score (nSPS) is 24.1. The van der Waals surface area contributed by atoms with Gasteiger partial charge in [0.1, 0.15) is 0 Å². The number of urea groups is 1. The first-order valence-electron chi connectivity index (χ1n) is 6.06. The second kappa shape index (κ2) is 5.68. The Hall–Kier alpha value is -1.55. The highest BCUT2D eigenvalue weighted by atomic mass is 16.3. The smallest absolute Gasteiger partial charge is 0.319 e. The van der Waals surface area contributed by atoms with Gasteiger partial charge in [-0.15, -0.1) is 0 Å². The number of hydrogen-bond donors (Lipinski definition) is 3. The highest BCUT2D eigenvalue weighted by Crippen LogP contribution is 2.18. The first-order valence-corrected chi connectivity index (χ1v) is 6.06. The Morgan fingerprint density at radius 3 is 2.59 bits per heavy atom. The van der Waals surface area contributed by atoms with Crippen LogP contribution in [0.15, 0.2) is 30.3 Å². The van der Waals surface area contributed by atoms with E-state index in [4.69, 9.17) is 0 Å². The van der Waals surface area contributed by atoms with Gasteiger partial charge >= 0.3 is 6.03 Å². The summed E-state index contributed by atoms with van der Waals surface area (Å²) < 4.78 is 0. The van der Waals surface area contributed by atoms with Gasteiger partial charge < -0.3 is 15.7 Å². The van der Waals surface area contributed by atoms with Crippen molar-refractivity contribution >= 4 is 11.7 Å². The van der Waals surface area contributed by atoms with Crippen molar-refractivity contribution in [3.8, 4) is 0 Å². The largest absolute Gasteiger partial charge is 0.391 e. The highest BCUT2D eigenvalue weighted by Gasteiger charge is 2.24. The average Bonchev–Trinajstić information content (AvgIpc) is 2.33. The number of anilines is 1. The molecule has 0 bridgehead atoms. The number of carbonyl (C=O) groups excluding carboxylic acids is 1. The fourth-order valence-corrected chi connectivity index (χ4v) is 2.14. The Bertz CT molecular complexity index is 367. The molecule has 1 aliphatic rings. The van der Waals surface area contributed by atoms with E-state index >= 15 is 0 Å². The maximum absolute atomic E-state index is 11.7. The van der Waals surface area contributed by atoms with Crippen LogP contribution in [-0.2, 0) is 0 Å². The van der Waals surface area contributed by atoms with E-state index in [0.29, 0.717) is 0 Å². The number of benzene rings is 1. The lowest BCUT2D eigenvalue weighted by molar-refractivity contribution is 0.0955. The number of para-hydroxylation sites is 1. The molecule has 0 radical (unpaired) electrons. The van der Waals surface area contributed by atoms with E-state index in [1.54, 1.807) is 0 Å². The lowest BCUT2D eigenvalue weighted by Crippen LogP contribution is -2.46. The van der Waals surface area contributed by atoms with Crippen molar-refractivity contribution in [3.63, 3.8) is 0 Å². The molecule has 0 aliphatic heterocycles. The van der Waals surface area contributed by atoms with Crippen LogP contribution in [0.25, 0.3) is 0 Å². The zero-order chi connectivity index (χ0) is 12.1. The van der Waals surface area contributed by atoms with Crippen molar-refractivity contribution in [2.45, 2.75) is 37.8 Å². The summed E-state index contributed by atoms with van der Waals surface area (Å²) in [6.07, 6.45) is 3.32. The van der Waals surface area contributed by atoms with E-state index in [1.165, 1.54) is 0 Å². The molecule has 1 fully saturated rings. The van der Waals surface area contributed by atoms with Gasteiger partial charge in [0.15, 0.2) is 0 Å². The second-order valence-corrected chi connectivity index (χ2v) is 4.42. The second-order valence-electron chi connectivity index (χ2n) is 4.42. The van der Waals surface area contributed by atoms with Crippen LogP contribution in [0.2, 0.25) is 0 Å². The van der Waals surface area contributed by atoms with Gasteiger partial charge in [0.25, 0.3) is 0 Å². The summed E-state index contributed by atoms with van der Waals surface area (Å²) in [6, 6.07) is 8.92. The van der Waals surface area contributed by atoms with E-state index in [9.17, 15) is 9.90 Å². The minimum absolute atomic E-state index is 0.118. The Balaban J connectivity index is 1.84. The molecule has 2 atom stereocenters. The van der Waals surface area contributed by atoms with E-state index in [1.807, 2.05) is 30.3 Å². The predicted molar refractivity (Wildman–Crippen MR) is 66.9 cm³/mol. The third-order valence-electron chi connectivity index (χ3n) is 3.08. The van der Waals surface area contributed by atoms with E-state index in [0.717, 1.165) is 31.4 Å². The molecule has 1 saturated carbocycles. The molecule has 92 valence electrons. The van der Waals surface area contributed by atoms with Crippen molar-refractivity contribution in [1.82, 2.24) is 5.32 Å². The van der Waals surface area contributed by atoms with Gasteiger partial charge in [-0.3, -0.25) is 0 Å². The van der Waals surface area contributed by atoms with Gasteiger partial charge in [-0.2, -0.15) is 0 Å². The molecule has 1 aromatic rings. The highest BCUT2D eigenvalue weighted by molar-refractivity contribution is 5.89. The number of carbonyl (C=O) groups is 1. The molecule has 1 aliphatic carbocycles. The molecule has 2 rings (SSSR count). The van der Waals surface area contributed by atoms with Crippen LogP contribution in [0, 0.1) is 0 Å². The fraction of sp³-hybridized carbons (Fsp3) is 0.462. The Labute approximate surface area is 101 Å². The fourth-order valence-electron chi connectivity index (χ4n) is 2.14.